The van der Waals surface area contributed by atoms with Gasteiger partial charge in [-0.3, -0.25) is 9.59 Å². The van der Waals surface area contributed by atoms with Gasteiger partial charge in [0.25, 0.3) is 0 Å². The van der Waals surface area contributed by atoms with Crippen LogP contribution in [0.1, 0.15) is 41.9 Å². The molecule has 1 unspecified atom stereocenters. The van der Waals surface area contributed by atoms with Crippen LogP contribution in [0.5, 0.6) is 0 Å². The van der Waals surface area contributed by atoms with Crippen molar-refractivity contribution >= 4 is 23.2 Å². The molecule has 2 N–H and O–H groups in total. The molecule has 0 aliphatic carbocycles. The van der Waals surface area contributed by atoms with Gasteiger partial charge < -0.3 is 19.5 Å². The summed E-state index contributed by atoms with van der Waals surface area (Å²) >= 11 is 0. The van der Waals surface area contributed by atoms with Crippen LogP contribution in [0.3, 0.4) is 0 Å². The zero-order valence-corrected chi connectivity index (χ0v) is 18.4. The number of fused-ring (bicyclic) bond motifs is 1. The number of nitrogens with zero attached hydrogens (tertiary/aromatic N) is 6. The fraction of sp³-hybridized carbons (Fsp3) is 0.304. The third kappa shape index (κ3) is 3.73. The molecular weight excluding hydrogens is 422 g/mol. The number of carbonyl (C=O) groups is 2. The summed E-state index contributed by atoms with van der Waals surface area (Å²) < 4.78 is 7.39. The molecule has 0 bridgehead atoms. The number of nitrogen functional groups attached to an aromatic ring is 1. The van der Waals surface area contributed by atoms with Crippen LogP contribution in [0.25, 0.3) is 28.5 Å². The van der Waals surface area contributed by atoms with Crippen molar-refractivity contribution < 1.29 is 14.0 Å². The van der Waals surface area contributed by atoms with Gasteiger partial charge in [-0.25, -0.2) is 19.9 Å². The highest BCUT2D eigenvalue weighted by Gasteiger charge is 2.29. The second-order valence-corrected chi connectivity index (χ2v) is 8.20. The minimum atomic E-state index is -0.215. The van der Waals surface area contributed by atoms with Gasteiger partial charge in [0.1, 0.15) is 23.3 Å². The molecule has 5 rings (SSSR count). The molecule has 1 aliphatic heterocycles. The van der Waals surface area contributed by atoms with Gasteiger partial charge in [0.15, 0.2) is 17.3 Å². The Kier molecular flexibility index (Phi) is 5.12. The van der Waals surface area contributed by atoms with Crippen molar-refractivity contribution in [1.29, 1.82) is 0 Å². The molecule has 1 amide bonds. The number of nitrogens with two attached hydrogens (primary N) is 1. The van der Waals surface area contributed by atoms with Crippen LogP contribution in [0, 0.1) is 6.92 Å². The largest absolute Gasteiger partial charge is 0.443 e. The van der Waals surface area contributed by atoms with E-state index in [0.717, 1.165) is 23.3 Å². The maximum atomic E-state index is 13.1. The lowest BCUT2D eigenvalue weighted by Crippen LogP contribution is -2.29. The van der Waals surface area contributed by atoms with Crippen molar-refractivity contribution in [3.63, 3.8) is 0 Å². The molecule has 1 aliphatic rings. The fourth-order valence-corrected chi connectivity index (χ4v) is 4.20. The van der Waals surface area contributed by atoms with Crippen molar-refractivity contribution in [3.8, 4) is 22.8 Å². The maximum absolute atomic E-state index is 13.1. The number of hydrogen-bond donors (Lipinski definition) is 1. The van der Waals surface area contributed by atoms with E-state index in [1.807, 2.05) is 29.7 Å². The summed E-state index contributed by atoms with van der Waals surface area (Å²) in [7, 11) is 1.77. The molecule has 0 radical (unpaired) electrons. The quantitative estimate of drug-likeness (QED) is 0.448. The van der Waals surface area contributed by atoms with Gasteiger partial charge in [-0.1, -0.05) is 0 Å². The number of anilines is 1. The van der Waals surface area contributed by atoms with Gasteiger partial charge in [0.2, 0.25) is 11.8 Å². The number of aromatic nitrogens is 5. The van der Waals surface area contributed by atoms with Gasteiger partial charge in [-0.2, -0.15) is 0 Å². The number of Topliss-reactive ketones (excluding diaryl/α,β-unsaturated/α-hetero) is 1. The van der Waals surface area contributed by atoms with Crippen molar-refractivity contribution in [2.45, 2.75) is 38.6 Å². The monoisotopic (exact) mass is 445 g/mol. The zero-order chi connectivity index (χ0) is 23.1. The Hall–Kier alpha value is -4.08. The third-order valence-electron chi connectivity index (χ3n) is 6.12. The van der Waals surface area contributed by atoms with Crippen molar-refractivity contribution in [2.24, 2.45) is 0 Å². The smallest absolute Gasteiger partial charge is 0.247 e. The van der Waals surface area contributed by atoms with Crippen molar-refractivity contribution in [1.82, 2.24) is 29.2 Å². The molecule has 0 saturated carbocycles. The van der Waals surface area contributed by atoms with Crippen LogP contribution < -0.4 is 5.73 Å². The Morgan fingerprint density at radius 3 is 2.82 bits per heavy atom. The Bertz CT molecular complexity index is 1360. The lowest BCUT2D eigenvalue weighted by molar-refractivity contribution is -0.127. The molecule has 0 spiro atoms. The van der Waals surface area contributed by atoms with E-state index in [1.165, 1.54) is 12.5 Å². The first-order chi connectivity index (χ1) is 15.9. The summed E-state index contributed by atoms with van der Waals surface area (Å²) in [4.78, 5) is 44.2. The van der Waals surface area contributed by atoms with Gasteiger partial charge in [-0.15, -0.1) is 0 Å². The number of aryl methyl sites for hydroxylation is 1. The van der Waals surface area contributed by atoms with E-state index in [1.54, 1.807) is 18.1 Å². The number of carbonyl (C=O) groups excluding carboxylic acids is 2. The summed E-state index contributed by atoms with van der Waals surface area (Å²) in [6, 6.07) is 3.78. The van der Waals surface area contributed by atoms with E-state index in [4.69, 9.17) is 10.2 Å². The molecule has 4 aromatic heterocycles. The topological polar surface area (TPSA) is 133 Å². The van der Waals surface area contributed by atoms with E-state index in [2.05, 4.69) is 19.9 Å². The molecule has 0 aromatic carbocycles. The number of ketones is 1. The lowest BCUT2D eigenvalue weighted by Gasteiger charge is -2.19. The average Bonchev–Trinajstić information content (AvgIpc) is 3.55. The fourth-order valence-electron chi connectivity index (χ4n) is 4.20. The lowest BCUT2D eigenvalue weighted by atomic mass is 10.0. The number of oxazole rings is 1. The minimum absolute atomic E-state index is 0.0210. The van der Waals surface area contributed by atoms with Crippen LogP contribution in [-0.4, -0.2) is 54.0 Å². The number of likely N-dealkylation sites (tertiary alicyclic amines) is 1. The highest BCUT2D eigenvalue weighted by atomic mass is 16.3. The Labute approximate surface area is 189 Å². The van der Waals surface area contributed by atoms with E-state index in [-0.39, 0.29) is 41.6 Å². The van der Waals surface area contributed by atoms with Crippen molar-refractivity contribution in [2.75, 3.05) is 12.8 Å². The van der Waals surface area contributed by atoms with Crippen LogP contribution in [0.4, 0.5) is 5.82 Å². The minimum Gasteiger partial charge on any atom is -0.443 e. The van der Waals surface area contributed by atoms with Crippen LogP contribution >= 0.6 is 0 Å². The normalized spacial score (nSPS) is 16.1. The van der Waals surface area contributed by atoms with Gasteiger partial charge >= 0.3 is 0 Å². The van der Waals surface area contributed by atoms with E-state index in [0.29, 0.717) is 24.2 Å². The van der Waals surface area contributed by atoms with Crippen molar-refractivity contribution in [3.05, 3.63) is 48.4 Å². The molecule has 10 heteroatoms. The van der Waals surface area contributed by atoms with Gasteiger partial charge in [0.05, 0.1) is 6.20 Å². The molecule has 10 nitrogen and oxygen atoms in total. The van der Waals surface area contributed by atoms with Gasteiger partial charge in [0, 0.05) is 49.6 Å². The van der Waals surface area contributed by atoms with E-state index >= 15 is 0 Å². The summed E-state index contributed by atoms with van der Waals surface area (Å²) in [5.74, 6) is 0.173. The number of imidazole rings is 1. The molecule has 168 valence electrons. The van der Waals surface area contributed by atoms with Crippen LogP contribution in [-0.2, 0) is 4.79 Å². The number of amides is 1. The third-order valence-corrected chi connectivity index (χ3v) is 6.12. The molecule has 1 saturated heterocycles. The number of pyridine rings is 1. The average molecular weight is 445 g/mol. The summed E-state index contributed by atoms with van der Waals surface area (Å²) in [6.07, 6.45) is 8.67. The molecule has 1 atom stereocenters. The number of hydrogen-bond acceptors (Lipinski definition) is 8. The molecular formula is C23H23N7O3. The first-order valence-electron chi connectivity index (χ1n) is 10.7. The number of rotatable bonds is 6. The first-order valence-corrected chi connectivity index (χ1v) is 10.7. The highest BCUT2D eigenvalue weighted by Crippen LogP contribution is 2.31. The van der Waals surface area contributed by atoms with E-state index < -0.39 is 0 Å². The standard InChI is InChI=1S/C23H23N7O3/c1-13-11-26-17-7-3-14(12-30(13)17)19-21(23-25-9-10-33-23)28-22(24)20(27-19)16(31)6-4-15-5-8-18(32)29(15)2/h3,7,9-12,15H,4-6,8H2,1-2H3,(H2,24,28). The molecule has 33 heavy (non-hydrogen) atoms. The van der Waals surface area contributed by atoms with Crippen LogP contribution in [0.15, 0.2) is 41.4 Å². The predicted octanol–water partition coefficient (Wildman–Crippen LogP) is 2.92. The Balaban J connectivity index is 1.53. The summed E-state index contributed by atoms with van der Waals surface area (Å²) in [6.45, 7) is 1.95. The zero-order valence-electron chi connectivity index (χ0n) is 18.4. The second-order valence-electron chi connectivity index (χ2n) is 8.20. The Morgan fingerprint density at radius 2 is 2.09 bits per heavy atom. The highest BCUT2D eigenvalue weighted by molar-refractivity contribution is 5.99. The SMILES string of the molecule is Cc1cnc2ccc(-c3nc(C(=O)CCC4CCC(=O)N4C)c(N)nc3-c3ncco3)cn12. The Morgan fingerprint density at radius 1 is 1.24 bits per heavy atom. The van der Waals surface area contributed by atoms with E-state index in [9.17, 15) is 9.59 Å². The first kappa shape index (κ1) is 20.8. The summed E-state index contributed by atoms with van der Waals surface area (Å²) in [5.41, 5.74) is 9.54. The van der Waals surface area contributed by atoms with Gasteiger partial charge in [-0.05, 0) is 31.9 Å². The maximum Gasteiger partial charge on any atom is 0.247 e. The molecule has 1 fully saturated rings. The second kappa shape index (κ2) is 8.12. The molecule has 5 heterocycles. The van der Waals surface area contributed by atoms with Crippen LogP contribution in [0.2, 0.25) is 0 Å². The predicted molar refractivity (Wildman–Crippen MR) is 120 cm³/mol. The summed E-state index contributed by atoms with van der Waals surface area (Å²) in [5, 5.41) is 0. The molecule has 4 aromatic rings.